The third-order valence-electron chi connectivity index (χ3n) is 5.63. The van der Waals surface area contributed by atoms with Gasteiger partial charge in [0.2, 0.25) is 5.91 Å². The normalized spacial score (nSPS) is 21.5. The van der Waals surface area contributed by atoms with Crippen LogP contribution in [0.25, 0.3) is 0 Å². The Hall–Kier alpha value is -2.27. The van der Waals surface area contributed by atoms with Crippen LogP contribution >= 0.6 is 11.8 Å². The first-order chi connectivity index (χ1) is 13.7. The Kier molecular flexibility index (Phi) is 5.72. The summed E-state index contributed by atoms with van der Waals surface area (Å²) >= 11 is 1.70. The molecule has 5 heteroatoms. The lowest BCUT2D eigenvalue weighted by atomic mass is 10.1. The van der Waals surface area contributed by atoms with Crippen LogP contribution < -0.4 is 0 Å². The molecular weight excluding hydrogens is 368 g/mol. The van der Waals surface area contributed by atoms with E-state index in [4.69, 9.17) is 0 Å². The Morgan fingerprint density at radius 2 is 1.57 bits per heavy atom. The van der Waals surface area contributed by atoms with Crippen molar-refractivity contribution < 1.29 is 9.59 Å². The predicted molar refractivity (Wildman–Crippen MR) is 113 cm³/mol. The van der Waals surface area contributed by atoms with E-state index in [1.807, 2.05) is 52.3 Å². The molecule has 2 fully saturated rings. The van der Waals surface area contributed by atoms with Crippen molar-refractivity contribution in [3.8, 4) is 0 Å². The highest BCUT2D eigenvalue weighted by Gasteiger charge is 2.46. The fraction of sp³-hybridized carbons (Fsp3) is 0.391. The average molecular weight is 395 g/mol. The van der Waals surface area contributed by atoms with Gasteiger partial charge in [-0.1, -0.05) is 49.4 Å². The molecule has 0 unspecified atom stereocenters. The molecule has 2 aliphatic rings. The van der Waals surface area contributed by atoms with Gasteiger partial charge in [0.25, 0.3) is 5.91 Å². The zero-order valence-electron chi connectivity index (χ0n) is 16.2. The summed E-state index contributed by atoms with van der Waals surface area (Å²) in [5, 5.41) is 0. The molecule has 4 rings (SSSR count). The Bertz CT molecular complexity index is 847. The van der Waals surface area contributed by atoms with Crippen molar-refractivity contribution in [2.75, 3.05) is 31.9 Å². The van der Waals surface area contributed by atoms with Crippen molar-refractivity contribution in [3.63, 3.8) is 0 Å². The van der Waals surface area contributed by atoms with Gasteiger partial charge in [-0.25, -0.2) is 0 Å². The molecule has 0 radical (unpaired) electrons. The Balaban J connectivity index is 1.34. The van der Waals surface area contributed by atoms with Gasteiger partial charge < -0.3 is 9.80 Å². The number of rotatable bonds is 5. The summed E-state index contributed by atoms with van der Waals surface area (Å²) in [6.07, 6.45) is 0.948. The zero-order chi connectivity index (χ0) is 19.5. The number of piperazine rings is 1. The molecule has 1 saturated carbocycles. The minimum Gasteiger partial charge on any atom is -0.339 e. The van der Waals surface area contributed by atoms with Crippen molar-refractivity contribution in [2.24, 2.45) is 5.92 Å². The third-order valence-corrected chi connectivity index (χ3v) is 6.59. The Morgan fingerprint density at radius 1 is 0.929 bits per heavy atom. The summed E-state index contributed by atoms with van der Waals surface area (Å²) in [5.74, 6) is 1.76. The van der Waals surface area contributed by atoms with Gasteiger partial charge in [0, 0.05) is 37.0 Å². The van der Waals surface area contributed by atoms with Gasteiger partial charge in [-0.05, 0) is 35.8 Å². The van der Waals surface area contributed by atoms with E-state index in [9.17, 15) is 9.59 Å². The predicted octanol–water partition coefficient (Wildman–Crippen LogP) is 3.89. The number of thioether (sulfide) groups is 1. The van der Waals surface area contributed by atoms with Crippen LogP contribution in [0.15, 0.2) is 59.5 Å². The van der Waals surface area contributed by atoms with Crippen LogP contribution in [-0.4, -0.2) is 53.5 Å². The maximum atomic E-state index is 13.0. The number of carbonyl (C=O) groups excluding carboxylic acids is 2. The van der Waals surface area contributed by atoms with Crippen LogP contribution in [0.1, 0.15) is 35.2 Å². The number of hydrogen-bond acceptors (Lipinski definition) is 3. The molecule has 0 N–H and O–H groups in total. The van der Waals surface area contributed by atoms with Crippen LogP contribution in [0.3, 0.4) is 0 Å². The maximum Gasteiger partial charge on any atom is 0.255 e. The van der Waals surface area contributed by atoms with Crippen LogP contribution in [0.4, 0.5) is 0 Å². The van der Waals surface area contributed by atoms with Crippen molar-refractivity contribution >= 4 is 23.6 Å². The Labute approximate surface area is 170 Å². The SMILES string of the molecule is CCSc1ccccc1C(=O)N1CCN(C(=O)[C@H]2C[C@H]2c2ccccc2)CC1. The molecule has 146 valence electrons. The highest BCUT2D eigenvalue weighted by molar-refractivity contribution is 7.99. The van der Waals surface area contributed by atoms with Gasteiger partial charge in [0.05, 0.1) is 5.56 Å². The molecule has 2 amide bonds. The van der Waals surface area contributed by atoms with Gasteiger partial charge >= 0.3 is 0 Å². The lowest BCUT2D eigenvalue weighted by molar-refractivity contribution is -0.134. The third kappa shape index (κ3) is 3.95. The van der Waals surface area contributed by atoms with E-state index in [1.54, 1.807) is 11.8 Å². The second-order valence-electron chi connectivity index (χ2n) is 7.41. The summed E-state index contributed by atoms with van der Waals surface area (Å²) in [6, 6.07) is 18.1. The van der Waals surface area contributed by atoms with Gasteiger partial charge in [-0.2, -0.15) is 0 Å². The largest absolute Gasteiger partial charge is 0.339 e. The number of carbonyl (C=O) groups is 2. The van der Waals surface area contributed by atoms with Gasteiger partial charge in [0.15, 0.2) is 0 Å². The number of nitrogens with zero attached hydrogens (tertiary/aromatic N) is 2. The van der Waals surface area contributed by atoms with E-state index < -0.39 is 0 Å². The highest BCUT2D eigenvalue weighted by atomic mass is 32.2. The second kappa shape index (κ2) is 8.39. The first-order valence-corrected chi connectivity index (χ1v) is 11.0. The van der Waals surface area contributed by atoms with E-state index >= 15 is 0 Å². The van der Waals surface area contributed by atoms with Crippen LogP contribution in [0.2, 0.25) is 0 Å². The fourth-order valence-corrected chi connectivity index (χ4v) is 4.79. The number of hydrogen-bond donors (Lipinski definition) is 0. The first kappa shape index (κ1) is 19.1. The monoisotopic (exact) mass is 394 g/mol. The standard InChI is InChI=1S/C23H26N2O2S/c1-2-28-21-11-7-6-10-18(21)22(26)24-12-14-25(15-13-24)23(27)20-16-19(20)17-8-4-3-5-9-17/h3-11,19-20H,2,12-16H2,1H3/t19-,20-/m0/s1. The number of benzene rings is 2. The summed E-state index contributed by atoms with van der Waals surface area (Å²) in [5.41, 5.74) is 2.04. The average Bonchev–Trinajstić information content (AvgIpc) is 3.55. The Morgan fingerprint density at radius 3 is 2.29 bits per heavy atom. The van der Waals surface area contributed by atoms with Gasteiger partial charge in [-0.15, -0.1) is 11.8 Å². The van der Waals surface area contributed by atoms with E-state index in [1.165, 1.54) is 5.56 Å². The topological polar surface area (TPSA) is 40.6 Å². The van der Waals surface area contributed by atoms with Crippen LogP contribution in [0, 0.1) is 5.92 Å². The molecule has 1 aliphatic carbocycles. The molecular formula is C23H26N2O2S. The molecule has 0 aromatic heterocycles. The van der Waals surface area contributed by atoms with Crippen molar-refractivity contribution in [1.82, 2.24) is 9.80 Å². The molecule has 1 heterocycles. The lowest BCUT2D eigenvalue weighted by Gasteiger charge is -2.35. The molecule has 1 aliphatic heterocycles. The first-order valence-electron chi connectivity index (χ1n) is 10.0. The molecule has 28 heavy (non-hydrogen) atoms. The molecule has 0 bridgehead atoms. The van der Waals surface area contributed by atoms with Crippen molar-refractivity contribution in [1.29, 1.82) is 0 Å². The minimum absolute atomic E-state index is 0.0808. The lowest BCUT2D eigenvalue weighted by Crippen LogP contribution is -2.51. The summed E-state index contributed by atoms with van der Waals surface area (Å²) in [7, 11) is 0. The summed E-state index contributed by atoms with van der Waals surface area (Å²) in [4.78, 5) is 30.7. The quantitative estimate of drug-likeness (QED) is 0.723. The highest BCUT2D eigenvalue weighted by Crippen LogP contribution is 2.48. The van der Waals surface area contributed by atoms with E-state index in [-0.39, 0.29) is 17.7 Å². The van der Waals surface area contributed by atoms with Gasteiger partial charge in [0.1, 0.15) is 0 Å². The van der Waals surface area contributed by atoms with E-state index in [0.29, 0.717) is 32.1 Å². The molecule has 2 aromatic carbocycles. The molecule has 2 atom stereocenters. The summed E-state index contributed by atoms with van der Waals surface area (Å²) < 4.78 is 0. The number of amides is 2. The van der Waals surface area contributed by atoms with Crippen LogP contribution in [-0.2, 0) is 4.79 Å². The molecule has 0 spiro atoms. The van der Waals surface area contributed by atoms with E-state index in [0.717, 1.165) is 22.6 Å². The molecule has 4 nitrogen and oxygen atoms in total. The fourth-order valence-electron chi connectivity index (χ4n) is 4.00. The molecule has 2 aromatic rings. The van der Waals surface area contributed by atoms with Crippen molar-refractivity contribution in [2.45, 2.75) is 24.2 Å². The smallest absolute Gasteiger partial charge is 0.255 e. The van der Waals surface area contributed by atoms with Crippen molar-refractivity contribution in [3.05, 3.63) is 65.7 Å². The van der Waals surface area contributed by atoms with E-state index in [2.05, 4.69) is 19.1 Å². The van der Waals surface area contributed by atoms with Crippen LogP contribution in [0.5, 0.6) is 0 Å². The maximum absolute atomic E-state index is 13.0. The van der Waals surface area contributed by atoms with Gasteiger partial charge in [-0.3, -0.25) is 9.59 Å². The molecule has 1 saturated heterocycles. The second-order valence-corrected chi connectivity index (χ2v) is 8.71. The summed E-state index contributed by atoms with van der Waals surface area (Å²) in [6.45, 7) is 4.57. The minimum atomic E-state index is 0.0808. The zero-order valence-corrected chi connectivity index (χ0v) is 17.0.